The van der Waals surface area contributed by atoms with Crippen molar-refractivity contribution in [3.63, 3.8) is 0 Å². The minimum absolute atomic E-state index is 0.00952. The van der Waals surface area contributed by atoms with Crippen LogP contribution in [0.5, 0.6) is 0 Å². The maximum absolute atomic E-state index is 12.7. The van der Waals surface area contributed by atoms with Crippen molar-refractivity contribution in [1.82, 2.24) is 14.8 Å². The Morgan fingerprint density at radius 3 is 2.07 bits per heavy atom. The first-order valence-electron chi connectivity index (χ1n) is 9.25. The molecule has 146 valence electrons. The van der Waals surface area contributed by atoms with Gasteiger partial charge in [-0.05, 0) is 49.2 Å². The van der Waals surface area contributed by atoms with Crippen molar-refractivity contribution in [2.24, 2.45) is 0 Å². The first-order valence-corrected chi connectivity index (χ1v) is 9.25. The van der Waals surface area contributed by atoms with Gasteiger partial charge < -0.3 is 15.1 Å². The van der Waals surface area contributed by atoms with Crippen molar-refractivity contribution < 1.29 is 14.4 Å². The number of benzene rings is 1. The van der Waals surface area contributed by atoms with Crippen molar-refractivity contribution >= 4 is 23.4 Å². The second kappa shape index (κ2) is 8.21. The van der Waals surface area contributed by atoms with E-state index in [9.17, 15) is 14.4 Å². The molecule has 1 aliphatic heterocycles. The van der Waals surface area contributed by atoms with Gasteiger partial charge in [-0.2, -0.15) is 0 Å². The largest absolute Gasteiger partial charge is 0.339 e. The monoisotopic (exact) mass is 380 g/mol. The summed E-state index contributed by atoms with van der Waals surface area (Å²) in [5.41, 5.74) is 3.21. The zero-order valence-corrected chi connectivity index (χ0v) is 16.4. The molecular formula is C21H24N4O3. The molecule has 1 aliphatic rings. The van der Waals surface area contributed by atoms with E-state index < -0.39 is 0 Å². The molecule has 0 unspecified atom stereocenters. The summed E-state index contributed by atoms with van der Waals surface area (Å²) in [6.07, 6.45) is 0. The van der Waals surface area contributed by atoms with E-state index in [2.05, 4.69) is 10.3 Å². The maximum Gasteiger partial charge on any atom is 0.274 e. The summed E-state index contributed by atoms with van der Waals surface area (Å²) in [5.74, 6) is -0.583. The highest BCUT2D eigenvalue weighted by Gasteiger charge is 2.24. The van der Waals surface area contributed by atoms with E-state index in [0.29, 0.717) is 31.9 Å². The second-order valence-electron chi connectivity index (χ2n) is 7.04. The average Bonchev–Trinajstić information content (AvgIpc) is 2.66. The highest BCUT2D eigenvalue weighted by atomic mass is 16.2. The Morgan fingerprint density at radius 1 is 0.893 bits per heavy atom. The third-order valence-electron chi connectivity index (χ3n) is 4.69. The molecule has 7 nitrogen and oxygen atoms in total. The molecular weight excluding hydrogens is 356 g/mol. The lowest BCUT2D eigenvalue weighted by Crippen LogP contribution is -2.50. The van der Waals surface area contributed by atoms with E-state index in [1.54, 1.807) is 28.0 Å². The molecule has 2 aromatic rings. The molecule has 0 saturated carbocycles. The van der Waals surface area contributed by atoms with Gasteiger partial charge in [0.2, 0.25) is 5.91 Å². The number of rotatable bonds is 3. The minimum atomic E-state index is -0.360. The summed E-state index contributed by atoms with van der Waals surface area (Å²) in [6, 6.07) is 10.6. The third kappa shape index (κ3) is 4.54. The molecule has 28 heavy (non-hydrogen) atoms. The summed E-state index contributed by atoms with van der Waals surface area (Å²) in [6.45, 7) is 7.38. The molecule has 3 rings (SSSR count). The highest BCUT2D eigenvalue weighted by Crippen LogP contribution is 2.15. The predicted molar refractivity (Wildman–Crippen MR) is 106 cm³/mol. The van der Waals surface area contributed by atoms with Gasteiger partial charge in [-0.1, -0.05) is 12.1 Å². The first-order chi connectivity index (χ1) is 13.3. The number of aryl methyl sites for hydroxylation is 2. The fourth-order valence-electron chi connectivity index (χ4n) is 3.31. The van der Waals surface area contributed by atoms with Crippen LogP contribution >= 0.6 is 0 Å². The number of pyridine rings is 1. The third-order valence-corrected chi connectivity index (χ3v) is 4.69. The predicted octanol–water partition coefficient (Wildman–Crippen LogP) is 2.26. The van der Waals surface area contributed by atoms with E-state index in [1.165, 1.54) is 6.92 Å². The molecule has 7 heteroatoms. The highest BCUT2D eigenvalue weighted by molar-refractivity contribution is 6.04. The minimum Gasteiger partial charge on any atom is -0.339 e. The van der Waals surface area contributed by atoms with Gasteiger partial charge in [0.05, 0.1) is 0 Å². The topological polar surface area (TPSA) is 82.6 Å². The molecule has 1 N–H and O–H groups in total. The lowest BCUT2D eigenvalue weighted by molar-refractivity contribution is -0.130. The van der Waals surface area contributed by atoms with Gasteiger partial charge in [0.15, 0.2) is 0 Å². The van der Waals surface area contributed by atoms with Gasteiger partial charge in [-0.25, -0.2) is 4.98 Å². The number of anilines is 1. The summed E-state index contributed by atoms with van der Waals surface area (Å²) in [4.78, 5) is 44.3. The van der Waals surface area contributed by atoms with Crippen LogP contribution in [0.2, 0.25) is 0 Å². The Bertz CT molecular complexity index is 897. The number of hydrogen-bond acceptors (Lipinski definition) is 4. The number of nitrogens with one attached hydrogen (secondary N) is 1. The molecule has 0 bridgehead atoms. The zero-order valence-electron chi connectivity index (χ0n) is 16.4. The summed E-state index contributed by atoms with van der Waals surface area (Å²) in [5, 5.41) is 2.83. The van der Waals surface area contributed by atoms with Crippen molar-refractivity contribution in [2.45, 2.75) is 20.8 Å². The van der Waals surface area contributed by atoms with Gasteiger partial charge in [-0.3, -0.25) is 14.4 Å². The fourth-order valence-corrected chi connectivity index (χ4v) is 3.31. The first kappa shape index (κ1) is 19.5. The Kier molecular flexibility index (Phi) is 5.73. The summed E-state index contributed by atoms with van der Waals surface area (Å²) < 4.78 is 0. The quantitative estimate of drug-likeness (QED) is 0.885. The van der Waals surface area contributed by atoms with Crippen molar-refractivity contribution in [3.8, 4) is 0 Å². The second-order valence-corrected chi connectivity index (χ2v) is 7.04. The van der Waals surface area contributed by atoms with E-state index >= 15 is 0 Å². The van der Waals surface area contributed by atoms with E-state index in [1.807, 2.05) is 32.0 Å². The molecule has 0 atom stereocenters. The number of hydrogen-bond donors (Lipinski definition) is 1. The van der Waals surface area contributed by atoms with Crippen LogP contribution in [0, 0.1) is 13.8 Å². The summed E-state index contributed by atoms with van der Waals surface area (Å²) in [7, 11) is 0. The van der Waals surface area contributed by atoms with Crippen LogP contribution in [0.4, 0.5) is 5.69 Å². The normalized spacial score (nSPS) is 14.0. The molecule has 2 heterocycles. The Morgan fingerprint density at radius 2 is 1.46 bits per heavy atom. The van der Waals surface area contributed by atoms with Crippen LogP contribution in [0.25, 0.3) is 0 Å². The number of carbonyl (C=O) groups excluding carboxylic acids is 3. The van der Waals surface area contributed by atoms with Gasteiger partial charge in [-0.15, -0.1) is 0 Å². The van der Waals surface area contributed by atoms with Crippen LogP contribution in [0.3, 0.4) is 0 Å². The van der Waals surface area contributed by atoms with Gasteiger partial charge >= 0.3 is 0 Å². The smallest absolute Gasteiger partial charge is 0.274 e. The van der Waals surface area contributed by atoms with Crippen LogP contribution < -0.4 is 5.32 Å². The lowest BCUT2D eigenvalue weighted by Gasteiger charge is -2.34. The van der Waals surface area contributed by atoms with Crippen LogP contribution in [0.15, 0.2) is 36.4 Å². The van der Waals surface area contributed by atoms with Gasteiger partial charge in [0.25, 0.3) is 11.8 Å². The summed E-state index contributed by atoms with van der Waals surface area (Å²) >= 11 is 0. The van der Waals surface area contributed by atoms with E-state index in [4.69, 9.17) is 0 Å². The molecule has 1 saturated heterocycles. The van der Waals surface area contributed by atoms with Crippen LogP contribution in [-0.4, -0.2) is 58.7 Å². The Labute approximate surface area is 164 Å². The van der Waals surface area contributed by atoms with Crippen LogP contribution in [-0.2, 0) is 4.79 Å². The number of nitrogens with zero attached hydrogens (tertiary/aromatic N) is 3. The van der Waals surface area contributed by atoms with Gasteiger partial charge in [0.1, 0.15) is 11.4 Å². The molecule has 1 fully saturated rings. The number of amides is 3. The number of piperazine rings is 1. The molecule has 0 aliphatic carbocycles. The number of carbonyl (C=O) groups is 3. The van der Waals surface area contributed by atoms with Crippen molar-refractivity contribution in [2.75, 3.05) is 31.5 Å². The average molecular weight is 380 g/mol. The van der Waals surface area contributed by atoms with E-state index in [0.717, 1.165) is 11.1 Å². The van der Waals surface area contributed by atoms with Crippen LogP contribution in [0.1, 0.15) is 39.0 Å². The lowest BCUT2D eigenvalue weighted by atomic mass is 10.1. The van der Waals surface area contributed by atoms with Crippen molar-refractivity contribution in [3.05, 3.63) is 58.9 Å². The number of aromatic nitrogens is 1. The molecule has 0 spiro atoms. The molecule has 1 aromatic carbocycles. The van der Waals surface area contributed by atoms with E-state index in [-0.39, 0.29) is 29.1 Å². The standard InChI is InChI=1S/C21H24N4O3/c1-14-11-15(2)13-17(12-14)22-20(27)18-5-4-6-19(23-18)21(28)25-9-7-24(8-10-25)16(3)26/h4-6,11-13H,7-10H2,1-3H3,(H,22,27). The van der Waals surface area contributed by atoms with Crippen molar-refractivity contribution in [1.29, 1.82) is 0 Å². The maximum atomic E-state index is 12.7. The molecule has 3 amide bonds. The Hall–Kier alpha value is -3.22. The Balaban J connectivity index is 1.70. The fraction of sp³-hybridized carbons (Fsp3) is 0.333. The SMILES string of the molecule is CC(=O)N1CCN(C(=O)c2cccc(C(=O)Nc3cc(C)cc(C)c3)n2)CC1. The van der Waals surface area contributed by atoms with Gasteiger partial charge in [0, 0.05) is 38.8 Å². The molecule has 1 aromatic heterocycles. The molecule has 0 radical (unpaired) electrons. The zero-order chi connectivity index (χ0) is 20.3.